The Kier molecular flexibility index (Phi) is 3.57. The molecule has 0 bridgehead atoms. The van der Waals surface area contributed by atoms with Gasteiger partial charge in [-0.2, -0.15) is 5.26 Å². The SMILES string of the molecule is CC(C)Oc1cccc2c(N(C)C)cc(C#N)nc12. The molecule has 1 aromatic heterocycles. The van der Waals surface area contributed by atoms with Crippen LogP contribution in [0.3, 0.4) is 0 Å². The van der Waals surface area contributed by atoms with Gasteiger partial charge in [-0.3, -0.25) is 0 Å². The number of hydrogen-bond donors (Lipinski definition) is 0. The number of pyridine rings is 1. The Morgan fingerprint density at radius 2 is 2.05 bits per heavy atom. The minimum absolute atomic E-state index is 0.0703. The van der Waals surface area contributed by atoms with Crippen molar-refractivity contribution in [3.05, 3.63) is 30.0 Å². The highest BCUT2D eigenvalue weighted by atomic mass is 16.5. The number of benzene rings is 1. The van der Waals surface area contributed by atoms with Gasteiger partial charge in [0.1, 0.15) is 23.0 Å². The summed E-state index contributed by atoms with van der Waals surface area (Å²) in [4.78, 5) is 6.35. The van der Waals surface area contributed by atoms with E-state index in [4.69, 9.17) is 10.00 Å². The standard InChI is InChI=1S/C15H17N3O/c1-10(2)19-14-7-5-6-12-13(18(3)4)8-11(9-16)17-15(12)14/h5-8,10H,1-4H3. The summed E-state index contributed by atoms with van der Waals surface area (Å²) in [5, 5.41) is 10.1. The predicted octanol–water partition coefficient (Wildman–Crippen LogP) is 2.96. The van der Waals surface area contributed by atoms with Crippen LogP contribution < -0.4 is 9.64 Å². The Bertz CT molecular complexity index is 642. The topological polar surface area (TPSA) is 49.1 Å². The van der Waals surface area contributed by atoms with Gasteiger partial charge in [-0.25, -0.2) is 4.98 Å². The molecule has 1 heterocycles. The predicted molar refractivity (Wildman–Crippen MR) is 76.5 cm³/mol. The Morgan fingerprint density at radius 1 is 1.32 bits per heavy atom. The van der Waals surface area contributed by atoms with E-state index in [1.165, 1.54) is 0 Å². The lowest BCUT2D eigenvalue weighted by molar-refractivity contribution is 0.245. The quantitative estimate of drug-likeness (QED) is 0.846. The number of nitrogens with zero attached hydrogens (tertiary/aromatic N) is 3. The summed E-state index contributed by atoms with van der Waals surface area (Å²) in [7, 11) is 3.90. The highest BCUT2D eigenvalue weighted by molar-refractivity contribution is 5.95. The normalized spacial score (nSPS) is 10.5. The zero-order chi connectivity index (χ0) is 14.0. The first-order chi connectivity index (χ1) is 9.02. The van der Waals surface area contributed by atoms with Gasteiger partial charge in [0, 0.05) is 25.2 Å². The van der Waals surface area contributed by atoms with Crippen LogP contribution in [0.5, 0.6) is 5.75 Å². The van der Waals surface area contributed by atoms with Crippen molar-refractivity contribution in [1.29, 1.82) is 5.26 Å². The van der Waals surface area contributed by atoms with Gasteiger partial charge in [0.2, 0.25) is 0 Å². The molecule has 0 amide bonds. The number of nitriles is 1. The van der Waals surface area contributed by atoms with Crippen molar-refractivity contribution in [2.75, 3.05) is 19.0 Å². The molecule has 19 heavy (non-hydrogen) atoms. The van der Waals surface area contributed by atoms with E-state index in [1.807, 2.05) is 51.0 Å². The minimum atomic E-state index is 0.0703. The molecule has 1 aromatic carbocycles. The number of rotatable bonds is 3. The highest BCUT2D eigenvalue weighted by Gasteiger charge is 2.12. The van der Waals surface area contributed by atoms with Gasteiger partial charge in [0.05, 0.1) is 6.10 Å². The molecule has 4 heteroatoms. The fourth-order valence-corrected chi connectivity index (χ4v) is 1.98. The summed E-state index contributed by atoms with van der Waals surface area (Å²) < 4.78 is 5.77. The van der Waals surface area contributed by atoms with Crippen molar-refractivity contribution in [1.82, 2.24) is 4.98 Å². The summed E-state index contributed by atoms with van der Waals surface area (Å²) >= 11 is 0. The Morgan fingerprint density at radius 3 is 2.63 bits per heavy atom. The molecule has 0 spiro atoms. The van der Waals surface area contributed by atoms with E-state index in [0.717, 1.165) is 16.6 Å². The number of para-hydroxylation sites is 1. The number of anilines is 1. The molecule has 0 N–H and O–H groups in total. The van der Waals surface area contributed by atoms with Crippen molar-refractivity contribution in [3.8, 4) is 11.8 Å². The van der Waals surface area contributed by atoms with E-state index in [2.05, 4.69) is 11.1 Å². The van der Waals surface area contributed by atoms with Gasteiger partial charge in [-0.15, -0.1) is 0 Å². The first kappa shape index (κ1) is 13.2. The van der Waals surface area contributed by atoms with Gasteiger partial charge < -0.3 is 9.64 Å². The molecular weight excluding hydrogens is 238 g/mol. The van der Waals surface area contributed by atoms with Gasteiger partial charge in [0.15, 0.2) is 0 Å². The van der Waals surface area contributed by atoms with Gasteiger partial charge >= 0.3 is 0 Å². The summed E-state index contributed by atoms with van der Waals surface area (Å²) in [6.07, 6.45) is 0.0703. The summed E-state index contributed by atoms with van der Waals surface area (Å²) in [5.74, 6) is 0.715. The first-order valence-corrected chi connectivity index (χ1v) is 6.20. The van der Waals surface area contributed by atoms with Crippen LogP contribution in [0.1, 0.15) is 19.5 Å². The highest BCUT2D eigenvalue weighted by Crippen LogP contribution is 2.31. The molecular formula is C15H17N3O. The average Bonchev–Trinajstić information content (AvgIpc) is 2.37. The van der Waals surface area contributed by atoms with Crippen LogP contribution in [0.4, 0.5) is 5.69 Å². The molecule has 0 saturated carbocycles. The van der Waals surface area contributed by atoms with Crippen molar-refractivity contribution in [2.24, 2.45) is 0 Å². The second kappa shape index (κ2) is 5.15. The van der Waals surface area contributed by atoms with Crippen LogP contribution in [0, 0.1) is 11.3 Å². The van der Waals surface area contributed by atoms with E-state index in [1.54, 1.807) is 6.07 Å². The van der Waals surface area contributed by atoms with E-state index in [0.29, 0.717) is 11.4 Å². The Labute approximate surface area is 113 Å². The minimum Gasteiger partial charge on any atom is -0.489 e. The molecule has 0 atom stereocenters. The molecule has 4 nitrogen and oxygen atoms in total. The molecule has 2 rings (SSSR count). The van der Waals surface area contributed by atoms with Crippen molar-refractivity contribution in [3.63, 3.8) is 0 Å². The monoisotopic (exact) mass is 255 g/mol. The molecule has 0 aliphatic carbocycles. The van der Waals surface area contributed by atoms with E-state index >= 15 is 0 Å². The lowest BCUT2D eigenvalue weighted by Gasteiger charge is -2.18. The fraction of sp³-hybridized carbons (Fsp3) is 0.333. The van der Waals surface area contributed by atoms with Crippen molar-refractivity contribution < 1.29 is 4.74 Å². The van der Waals surface area contributed by atoms with Crippen LogP contribution in [0.25, 0.3) is 10.9 Å². The molecule has 0 aliphatic heterocycles. The lowest BCUT2D eigenvalue weighted by Crippen LogP contribution is -2.11. The van der Waals surface area contributed by atoms with Gasteiger partial charge in [0.25, 0.3) is 0 Å². The molecule has 0 saturated heterocycles. The molecule has 0 radical (unpaired) electrons. The average molecular weight is 255 g/mol. The third-order valence-corrected chi connectivity index (χ3v) is 2.74. The summed E-state index contributed by atoms with van der Waals surface area (Å²) in [5.41, 5.74) is 2.10. The first-order valence-electron chi connectivity index (χ1n) is 6.20. The van der Waals surface area contributed by atoms with Crippen LogP contribution in [-0.2, 0) is 0 Å². The molecule has 98 valence electrons. The van der Waals surface area contributed by atoms with E-state index in [-0.39, 0.29) is 6.10 Å². The molecule has 0 unspecified atom stereocenters. The maximum atomic E-state index is 9.10. The van der Waals surface area contributed by atoms with E-state index < -0.39 is 0 Å². The maximum Gasteiger partial charge on any atom is 0.146 e. The summed E-state index contributed by atoms with van der Waals surface area (Å²) in [6.45, 7) is 3.94. The number of fused-ring (bicyclic) bond motifs is 1. The Balaban J connectivity index is 2.74. The van der Waals surface area contributed by atoms with Gasteiger partial charge in [-0.05, 0) is 26.0 Å². The maximum absolute atomic E-state index is 9.10. The fourth-order valence-electron chi connectivity index (χ4n) is 1.98. The van der Waals surface area contributed by atoms with Crippen LogP contribution in [-0.4, -0.2) is 25.2 Å². The van der Waals surface area contributed by atoms with Crippen molar-refractivity contribution >= 4 is 16.6 Å². The second-order valence-corrected chi connectivity index (χ2v) is 4.85. The third kappa shape index (κ3) is 2.60. The largest absolute Gasteiger partial charge is 0.489 e. The molecule has 0 fully saturated rings. The van der Waals surface area contributed by atoms with Crippen LogP contribution in [0.15, 0.2) is 24.3 Å². The molecule has 2 aromatic rings. The second-order valence-electron chi connectivity index (χ2n) is 4.85. The zero-order valence-corrected chi connectivity index (χ0v) is 11.6. The third-order valence-electron chi connectivity index (χ3n) is 2.74. The molecule has 0 aliphatic rings. The number of aromatic nitrogens is 1. The number of hydrogen-bond acceptors (Lipinski definition) is 4. The number of ether oxygens (including phenoxy) is 1. The summed E-state index contributed by atoms with van der Waals surface area (Å²) in [6, 6.07) is 9.72. The Hall–Kier alpha value is -2.28. The van der Waals surface area contributed by atoms with Gasteiger partial charge in [-0.1, -0.05) is 12.1 Å². The zero-order valence-electron chi connectivity index (χ0n) is 11.6. The van der Waals surface area contributed by atoms with E-state index in [9.17, 15) is 0 Å². The van der Waals surface area contributed by atoms with Crippen LogP contribution >= 0.6 is 0 Å². The lowest BCUT2D eigenvalue weighted by atomic mass is 10.1. The van der Waals surface area contributed by atoms with Crippen molar-refractivity contribution in [2.45, 2.75) is 20.0 Å². The smallest absolute Gasteiger partial charge is 0.146 e. The van der Waals surface area contributed by atoms with Crippen LogP contribution in [0.2, 0.25) is 0 Å².